The van der Waals surface area contributed by atoms with Gasteiger partial charge >= 0.3 is 0 Å². The zero-order valence-corrected chi connectivity index (χ0v) is 17.2. The number of anilines is 1. The number of carbonyl (C=O) groups is 3. The van der Waals surface area contributed by atoms with Gasteiger partial charge in [-0.05, 0) is 24.3 Å². The van der Waals surface area contributed by atoms with Crippen molar-refractivity contribution in [1.29, 1.82) is 0 Å². The molecule has 1 saturated heterocycles. The number of phenolic OH excluding ortho intramolecular Hbond substituents is 1. The van der Waals surface area contributed by atoms with Crippen LogP contribution < -0.4 is 14.8 Å². The van der Waals surface area contributed by atoms with Crippen molar-refractivity contribution in [3.63, 3.8) is 0 Å². The molecule has 1 spiro atoms. The van der Waals surface area contributed by atoms with Gasteiger partial charge < -0.3 is 24.8 Å². The Balaban J connectivity index is 1.41. The minimum atomic E-state index is -0.610. The van der Waals surface area contributed by atoms with Gasteiger partial charge in [0.25, 0.3) is 5.91 Å². The first-order valence-electron chi connectivity index (χ1n) is 10.2. The number of carbonyl (C=O) groups excluding carboxylic acids is 3. The van der Waals surface area contributed by atoms with Crippen LogP contribution in [0.25, 0.3) is 0 Å². The Morgan fingerprint density at radius 2 is 1.97 bits per heavy atom. The molecule has 1 fully saturated rings. The van der Waals surface area contributed by atoms with E-state index in [0.29, 0.717) is 48.7 Å². The Bertz CT molecular complexity index is 1030. The molecule has 0 unspecified atom stereocenters. The summed E-state index contributed by atoms with van der Waals surface area (Å²) < 4.78 is 11.8. The van der Waals surface area contributed by atoms with Gasteiger partial charge in [-0.1, -0.05) is 6.07 Å². The molecule has 2 aliphatic heterocycles. The molecule has 31 heavy (non-hydrogen) atoms. The predicted molar refractivity (Wildman–Crippen MR) is 112 cm³/mol. The Morgan fingerprint density at radius 1 is 1.19 bits per heavy atom. The number of ketones is 1. The maximum atomic E-state index is 12.7. The second kappa shape index (κ2) is 8.29. The molecule has 2 aromatic rings. The Morgan fingerprint density at radius 3 is 2.68 bits per heavy atom. The number of nitrogens with one attached hydrogen (secondary N) is 1. The van der Waals surface area contributed by atoms with Crippen molar-refractivity contribution in [2.24, 2.45) is 0 Å². The fourth-order valence-corrected chi connectivity index (χ4v) is 4.00. The molecular formula is C23H24N2O6. The van der Waals surface area contributed by atoms with Crippen LogP contribution in [0.15, 0.2) is 42.5 Å². The van der Waals surface area contributed by atoms with Crippen LogP contribution in [0.5, 0.6) is 17.2 Å². The molecule has 2 aliphatic rings. The number of benzene rings is 2. The third-order valence-electron chi connectivity index (χ3n) is 5.68. The summed E-state index contributed by atoms with van der Waals surface area (Å²) in [5.41, 5.74) is 0.351. The van der Waals surface area contributed by atoms with Crippen LogP contribution in [0.3, 0.4) is 0 Å². The van der Waals surface area contributed by atoms with E-state index in [1.807, 2.05) is 0 Å². The third kappa shape index (κ3) is 4.63. The molecule has 4 rings (SSSR count). The van der Waals surface area contributed by atoms with Crippen molar-refractivity contribution >= 4 is 23.3 Å². The Kier molecular flexibility index (Phi) is 5.54. The SMILES string of the molecule is CC(=O)N1CCC2(CC1)CC(=O)c1ccc(OCC(=O)Nc3cccc(O)c3)cc1O2. The Labute approximate surface area is 179 Å². The molecule has 162 valence electrons. The number of nitrogens with zero attached hydrogens (tertiary/aromatic N) is 1. The summed E-state index contributed by atoms with van der Waals surface area (Å²) in [4.78, 5) is 38.2. The van der Waals surface area contributed by atoms with Crippen molar-refractivity contribution in [2.45, 2.75) is 31.8 Å². The number of phenols is 1. The Hall–Kier alpha value is -3.55. The number of piperidine rings is 1. The topological polar surface area (TPSA) is 105 Å². The maximum Gasteiger partial charge on any atom is 0.262 e. The number of amides is 2. The van der Waals surface area contributed by atoms with Gasteiger partial charge in [-0.15, -0.1) is 0 Å². The highest BCUT2D eigenvalue weighted by Crippen LogP contribution is 2.40. The summed E-state index contributed by atoms with van der Waals surface area (Å²) in [6.45, 7) is 2.42. The molecule has 0 aliphatic carbocycles. The average molecular weight is 424 g/mol. The van der Waals surface area contributed by atoms with E-state index in [2.05, 4.69) is 5.32 Å². The lowest BCUT2D eigenvalue weighted by atomic mass is 9.82. The van der Waals surface area contributed by atoms with E-state index < -0.39 is 5.60 Å². The molecule has 0 bridgehead atoms. The van der Waals surface area contributed by atoms with E-state index in [9.17, 15) is 19.5 Å². The van der Waals surface area contributed by atoms with Crippen LogP contribution in [0.4, 0.5) is 5.69 Å². The van der Waals surface area contributed by atoms with Crippen molar-refractivity contribution in [3.05, 3.63) is 48.0 Å². The fourth-order valence-electron chi connectivity index (χ4n) is 4.00. The van der Waals surface area contributed by atoms with E-state index in [1.165, 1.54) is 12.1 Å². The third-order valence-corrected chi connectivity index (χ3v) is 5.68. The van der Waals surface area contributed by atoms with Crippen LogP contribution in [0.1, 0.15) is 36.5 Å². The predicted octanol–water partition coefficient (Wildman–Crippen LogP) is 2.76. The first-order valence-corrected chi connectivity index (χ1v) is 10.2. The molecule has 0 atom stereocenters. The molecule has 0 radical (unpaired) electrons. The van der Waals surface area contributed by atoms with E-state index >= 15 is 0 Å². The lowest BCUT2D eigenvalue weighted by molar-refractivity contribution is -0.132. The largest absolute Gasteiger partial charge is 0.508 e. The van der Waals surface area contributed by atoms with E-state index in [-0.39, 0.29) is 36.4 Å². The summed E-state index contributed by atoms with van der Waals surface area (Å²) in [6.07, 6.45) is 1.47. The minimum absolute atomic E-state index is 0.00528. The van der Waals surface area contributed by atoms with Gasteiger partial charge in [0.2, 0.25) is 5.91 Å². The number of aromatic hydroxyl groups is 1. The number of fused-ring (bicyclic) bond motifs is 1. The summed E-state index contributed by atoms with van der Waals surface area (Å²) in [5, 5.41) is 12.1. The van der Waals surface area contributed by atoms with Crippen LogP contribution >= 0.6 is 0 Å². The second-order valence-corrected chi connectivity index (χ2v) is 7.94. The number of Topliss-reactive ketones (excluding diaryl/α,β-unsaturated/α-hetero) is 1. The number of ether oxygens (including phenoxy) is 2. The summed E-state index contributed by atoms with van der Waals surface area (Å²) in [6, 6.07) is 11.2. The van der Waals surface area contributed by atoms with Crippen LogP contribution in [0, 0.1) is 0 Å². The van der Waals surface area contributed by atoms with Gasteiger partial charge in [-0.25, -0.2) is 0 Å². The van der Waals surface area contributed by atoms with Gasteiger partial charge in [0.15, 0.2) is 12.4 Å². The molecule has 8 nitrogen and oxygen atoms in total. The monoisotopic (exact) mass is 424 g/mol. The lowest BCUT2D eigenvalue weighted by Crippen LogP contribution is -2.51. The molecule has 8 heteroatoms. The highest BCUT2D eigenvalue weighted by molar-refractivity contribution is 6.00. The van der Waals surface area contributed by atoms with Gasteiger partial charge in [0.05, 0.1) is 12.0 Å². The standard InChI is InChI=1S/C23H24N2O6/c1-15(26)25-9-7-23(8-10-25)13-20(28)19-6-5-18(12-21(19)31-23)30-14-22(29)24-16-3-2-4-17(27)11-16/h2-6,11-12,27H,7-10,13-14H2,1H3,(H,24,29). The van der Waals surface area contributed by atoms with E-state index in [1.54, 1.807) is 42.2 Å². The quantitative estimate of drug-likeness (QED) is 0.782. The number of hydrogen-bond donors (Lipinski definition) is 2. The van der Waals surface area contributed by atoms with Crippen LogP contribution in [-0.4, -0.2) is 52.9 Å². The number of rotatable bonds is 4. The minimum Gasteiger partial charge on any atom is -0.508 e. The zero-order chi connectivity index (χ0) is 22.0. The van der Waals surface area contributed by atoms with Crippen molar-refractivity contribution in [1.82, 2.24) is 4.90 Å². The lowest BCUT2D eigenvalue weighted by Gasteiger charge is -2.43. The highest BCUT2D eigenvalue weighted by Gasteiger charge is 2.43. The molecule has 0 aromatic heterocycles. The average Bonchev–Trinajstić information content (AvgIpc) is 2.72. The van der Waals surface area contributed by atoms with Gasteiger partial charge in [0.1, 0.15) is 22.8 Å². The van der Waals surface area contributed by atoms with Gasteiger partial charge in [0, 0.05) is 50.7 Å². The van der Waals surface area contributed by atoms with Crippen molar-refractivity contribution in [3.8, 4) is 17.2 Å². The summed E-state index contributed by atoms with van der Waals surface area (Å²) in [5.74, 6) is 0.559. The van der Waals surface area contributed by atoms with Crippen LogP contribution in [0.2, 0.25) is 0 Å². The molecular weight excluding hydrogens is 400 g/mol. The fraction of sp³-hybridized carbons (Fsp3) is 0.348. The normalized spacial score (nSPS) is 16.9. The van der Waals surface area contributed by atoms with Crippen LogP contribution in [-0.2, 0) is 9.59 Å². The van der Waals surface area contributed by atoms with Crippen molar-refractivity contribution in [2.75, 3.05) is 25.0 Å². The van der Waals surface area contributed by atoms with Gasteiger partial charge in [-0.3, -0.25) is 14.4 Å². The molecule has 2 N–H and O–H groups in total. The first kappa shape index (κ1) is 20.7. The molecule has 2 heterocycles. The second-order valence-electron chi connectivity index (χ2n) is 7.94. The number of likely N-dealkylation sites (tertiary alicyclic amines) is 1. The maximum absolute atomic E-state index is 12.7. The highest BCUT2D eigenvalue weighted by atomic mass is 16.5. The smallest absolute Gasteiger partial charge is 0.262 e. The van der Waals surface area contributed by atoms with E-state index in [0.717, 1.165) is 0 Å². The van der Waals surface area contributed by atoms with E-state index in [4.69, 9.17) is 9.47 Å². The summed E-state index contributed by atoms with van der Waals surface area (Å²) >= 11 is 0. The van der Waals surface area contributed by atoms with Crippen molar-refractivity contribution < 1.29 is 29.0 Å². The summed E-state index contributed by atoms with van der Waals surface area (Å²) in [7, 11) is 0. The first-order chi connectivity index (χ1) is 14.8. The molecule has 2 aromatic carbocycles. The molecule has 2 amide bonds. The van der Waals surface area contributed by atoms with Gasteiger partial charge in [-0.2, -0.15) is 0 Å². The number of hydrogen-bond acceptors (Lipinski definition) is 6. The zero-order valence-electron chi connectivity index (χ0n) is 17.2. The molecule has 0 saturated carbocycles.